The second-order valence-electron chi connectivity index (χ2n) is 5.89. The lowest BCUT2D eigenvalue weighted by molar-refractivity contribution is -0.151. The molecule has 0 bridgehead atoms. The summed E-state index contributed by atoms with van der Waals surface area (Å²) in [5.41, 5.74) is -0.914. The molecule has 0 spiro atoms. The van der Waals surface area contributed by atoms with E-state index in [1.54, 1.807) is 0 Å². The topological polar surface area (TPSA) is 64.6 Å². The smallest absolute Gasteiger partial charge is 0.412 e. The molecule has 0 unspecified atom stereocenters. The van der Waals surface area contributed by atoms with Crippen molar-refractivity contribution in [3.8, 4) is 0 Å². The molecule has 0 atom stereocenters. The molecule has 1 aliphatic rings. The van der Waals surface area contributed by atoms with E-state index in [0.29, 0.717) is 19.4 Å². The number of alkyl carbamates (subject to hydrolysis) is 1. The number of esters is 1. The molecular formula is C17H29NO4. The van der Waals surface area contributed by atoms with Crippen molar-refractivity contribution < 1.29 is 19.1 Å². The maximum atomic E-state index is 12.3. The fourth-order valence-electron chi connectivity index (χ4n) is 2.84. The molecule has 1 fully saturated rings. The van der Waals surface area contributed by atoms with Gasteiger partial charge in [0.2, 0.25) is 0 Å². The minimum absolute atomic E-state index is 0.334. The largest absolute Gasteiger partial charge is 0.464 e. The Morgan fingerprint density at radius 2 is 1.77 bits per heavy atom. The first kappa shape index (κ1) is 18.5. The van der Waals surface area contributed by atoms with Crippen LogP contribution in [0.1, 0.15) is 71.1 Å². The van der Waals surface area contributed by atoms with Crippen molar-refractivity contribution in [2.45, 2.75) is 76.7 Å². The molecule has 0 aromatic rings. The average molecular weight is 311 g/mol. The number of ether oxygens (including phenoxy) is 2. The third-order valence-electron chi connectivity index (χ3n) is 4.11. The molecule has 0 aromatic carbocycles. The zero-order valence-electron chi connectivity index (χ0n) is 13.7. The van der Waals surface area contributed by atoms with Crippen LogP contribution >= 0.6 is 0 Å². The molecule has 1 saturated carbocycles. The Hall–Kier alpha value is -1.52. The Morgan fingerprint density at radius 3 is 2.41 bits per heavy atom. The van der Waals surface area contributed by atoms with E-state index < -0.39 is 11.6 Å². The fraction of sp³-hybridized carbons (Fsp3) is 0.765. The van der Waals surface area contributed by atoms with Crippen LogP contribution in [0.3, 0.4) is 0 Å². The van der Waals surface area contributed by atoms with Gasteiger partial charge in [0.25, 0.3) is 0 Å². The van der Waals surface area contributed by atoms with Crippen molar-refractivity contribution in [1.82, 2.24) is 5.32 Å². The molecule has 126 valence electrons. The maximum absolute atomic E-state index is 12.3. The Kier molecular flexibility index (Phi) is 8.63. The van der Waals surface area contributed by atoms with Gasteiger partial charge in [-0.2, -0.15) is 0 Å². The van der Waals surface area contributed by atoms with Crippen molar-refractivity contribution in [1.29, 1.82) is 0 Å². The highest BCUT2D eigenvalue weighted by atomic mass is 16.6. The number of carbonyl (C=O) groups is 2. The molecule has 0 radical (unpaired) electrons. The summed E-state index contributed by atoms with van der Waals surface area (Å²) >= 11 is 0. The third-order valence-corrected chi connectivity index (χ3v) is 4.11. The lowest BCUT2D eigenvalue weighted by Gasteiger charge is -2.27. The van der Waals surface area contributed by atoms with Crippen molar-refractivity contribution >= 4 is 12.1 Å². The van der Waals surface area contributed by atoms with E-state index >= 15 is 0 Å². The van der Waals surface area contributed by atoms with Gasteiger partial charge in [0, 0.05) is 0 Å². The number of hydrogen-bond donors (Lipinski definition) is 1. The lowest BCUT2D eigenvalue weighted by atomic mass is 9.98. The van der Waals surface area contributed by atoms with Crippen LogP contribution in [0.2, 0.25) is 0 Å². The van der Waals surface area contributed by atoms with Gasteiger partial charge in [-0.15, -0.1) is 0 Å². The minimum Gasteiger partial charge on any atom is -0.464 e. The quantitative estimate of drug-likeness (QED) is 0.375. The van der Waals surface area contributed by atoms with Crippen LogP contribution in [0.15, 0.2) is 12.8 Å². The van der Waals surface area contributed by atoms with Crippen LogP contribution in [0.4, 0.5) is 4.79 Å². The Labute approximate surface area is 133 Å². The van der Waals surface area contributed by atoms with Gasteiger partial charge in [0.05, 0.1) is 12.9 Å². The molecule has 0 aliphatic heterocycles. The maximum Gasteiger partial charge on any atom is 0.412 e. The van der Waals surface area contributed by atoms with Crippen molar-refractivity contribution in [2.24, 2.45) is 0 Å². The highest BCUT2D eigenvalue weighted by Gasteiger charge is 2.44. The SMILES string of the molecule is C=COC(=O)NC1(C(=O)OCCCCCCCC)CCCC1. The zero-order valence-corrected chi connectivity index (χ0v) is 13.7. The molecule has 5 heteroatoms. The molecule has 1 amide bonds. The number of nitrogens with one attached hydrogen (secondary N) is 1. The highest BCUT2D eigenvalue weighted by Crippen LogP contribution is 2.31. The number of amides is 1. The summed E-state index contributed by atoms with van der Waals surface area (Å²) in [6, 6.07) is 0. The van der Waals surface area contributed by atoms with Crippen LogP contribution in [0.5, 0.6) is 0 Å². The highest BCUT2D eigenvalue weighted by molar-refractivity contribution is 5.86. The van der Waals surface area contributed by atoms with Crippen LogP contribution in [0.25, 0.3) is 0 Å². The van der Waals surface area contributed by atoms with Gasteiger partial charge >= 0.3 is 12.1 Å². The monoisotopic (exact) mass is 311 g/mol. The first-order valence-electron chi connectivity index (χ1n) is 8.41. The van der Waals surface area contributed by atoms with Crippen LogP contribution in [-0.2, 0) is 14.3 Å². The predicted molar refractivity (Wildman–Crippen MR) is 85.3 cm³/mol. The molecule has 1 aliphatic carbocycles. The van der Waals surface area contributed by atoms with Gasteiger partial charge in [-0.25, -0.2) is 9.59 Å². The molecular weight excluding hydrogens is 282 g/mol. The summed E-state index contributed by atoms with van der Waals surface area (Å²) in [4.78, 5) is 23.9. The summed E-state index contributed by atoms with van der Waals surface area (Å²) < 4.78 is 10.0. The molecule has 1 N–H and O–H groups in total. The van der Waals surface area contributed by atoms with Gasteiger partial charge in [-0.1, -0.05) is 58.4 Å². The number of hydrogen-bond acceptors (Lipinski definition) is 4. The number of rotatable bonds is 10. The summed E-state index contributed by atoms with van der Waals surface area (Å²) in [6.45, 7) is 5.94. The van der Waals surface area contributed by atoms with Crippen molar-refractivity contribution in [3.63, 3.8) is 0 Å². The normalized spacial score (nSPS) is 16.0. The lowest BCUT2D eigenvalue weighted by Crippen LogP contribution is -2.53. The molecule has 5 nitrogen and oxygen atoms in total. The number of unbranched alkanes of at least 4 members (excludes halogenated alkanes) is 5. The summed E-state index contributed by atoms with van der Waals surface area (Å²) in [5, 5.41) is 2.65. The molecule has 0 saturated heterocycles. The van der Waals surface area contributed by atoms with Crippen molar-refractivity contribution in [2.75, 3.05) is 6.61 Å². The van der Waals surface area contributed by atoms with Crippen LogP contribution < -0.4 is 5.32 Å². The zero-order chi connectivity index (χ0) is 16.3. The van der Waals surface area contributed by atoms with Gasteiger partial charge in [0.1, 0.15) is 5.54 Å². The van der Waals surface area contributed by atoms with Gasteiger partial charge in [0.15, 0.2) is 0 Å². The average Bonchev–Trinajstić information content (AvgIpc) is 2.96. The van der Waals surface area contributed by atoms with Crippen LogP contribution in [0, 0.1) is 0 Å². The summed E-state index contributed by atoms with van der Waals surface area (Å²) in [7, 11) is 0. The van der Waals surface area contributed by atoms with Gasteiger partial charge in [-0.05, 0) is 19.3 Å². The Morgan fingerprint density at radius 1 is 1.14 bits per heavy atom. The standard InChI is InChI=1S/C17H29NO4/c1-3-5-6-7-8-11-14-22-15(19)17(12-9-10-13-17)18-16(20)21-4-2/h4H,2-3,5-14H2,1H3,(H,18,20). The second-order valence-corrected chi connectivity index (χ2v) is 5.89. The first-order valence-corrected chi connectivity index (χ1v) is 8.41. The Balaban J connectivity index is 2.32. The second kappa shape index (κ2) is 10.2. The van der Waals surface area contributed by atoms with E-state index in [0.717, 1.165) is 31.9 Å². The van der Waals surface area contributed by atoms with E-state index in [1.807, 2.05) is 0 Å². The predicted octanol–water partition coefficient (Wildman–Crippen LogP) is 4.07. The van der Waals surface area contributed by atoms with Gasteiger partial charge < -0.3 is 14.8 Å². The van der Waals surface area contributed by atoms with E-state index in [-0.39, 0.29) is 5.97 Å². The van der Waals surface area contributed by atoms with E-state index in [4.69, 9.17) is 4.74 Å². The molecule has 22 heavy (non-hydrogen) atoms. The van der Waals surface area contributed by atoms with Gasteiger partial charge in [-0.3, -0.25) is 0 Å². The van der Waals surface area contributed by atoms with Crippen molar-refractivity contribution in [3.05, 3.63) is 12.8 Å². The Bertz CT molecular complexity index is 362. The molecule has 0 heterocycles. The van der Waals surface area contributed by atoms with Crippen LogP contribution in [-0.4, -0.2) is 24.2 Å². The molecule has 0 aromatic heterocycles. The third kappa shape index (κ3) is 6.08. The fourth-order valence-corrected chi connectivity index (χ4v) is 2.84. The van der Waals surface area contributed by atoms with E-state index in [2.05, 4.69) is 23.6 Å². The summed E-state index contributed by atoms with van der Waals surface area (Å²) in [5.74, 6) is -0.334. The minimum atomic E-state index is -0.914. The number of carbonyl (C=O) groups excluding carboxylic acids is 2. The summed E-state index contributed by atoms with van der Waals surface area (Å²) in [6.07, 6.45) is 10.3. The van der Waals surface area contributed by atoms with E-state index in [1.165, 1.54) is 25.7 Å². The van der Waals surface area contributed by atoms with E-state index in [9.17, 15) is 9.59 Å². The molecule has 1 rings (SSSR count). The first-order chi connectivity index (χ1) is 10.6.